The van der Waals surface area contributed by atoms with Gasteiger partial charge in [-0.25, -0.2) is 21.2 Å². The summed E-state index contributed by atoms with van der Waals surface area (Å²) in [5.41, 5.74) is 1.17. The number of rotatable bonds is 5. The second-order valence-electron chi connectivity index (χ2n) is 8.33. The Morgan fingerprint density at radius 2 is 1.72 bits per heavy atom. The van der Waals surface area contributed by atoms with Gasteiger partial charge < -0.3 is 9.64 Å². The minimum absolute atomic E-state index is 0.105. The second kappa shape index (κ2) is 8.64. The fourth-order valence-corrected chi connectivity index (χ4v) is 9.55. The van der Waals surface area contributed by atoms with Crippen molar-refractivity contribution in [2.45, 2.75) is 23.1 Å². The van der Waals surface area contributed by atoms with E-state index in [2.05, 4.69) is 0 Å². The first kappa shape index (κ1) is 23.0. The molecule has 2 atom stereocenters. The molecule has 2 fully saturated rings. The monoisotopic (exact) mass is 482 g/mol. The molecular formula is C22H27FN2O5S2. The van der Waals surface area contributed by atoms with E-state index in [1.165, 1.54) is 25.3 Å². The van der Waals surface area contributed by atoms with Crippen LogP contribution in [0.1, 0.15) is 5.56 Å². The van der Waals surface area contributed by atoms with Crippen LogP contribution in [-0.4, -0.2) is 77.8 Å². The summed E-state index contributed by atoms with van der Waals surface area (Å²) in [4.78, 5) is 3.94. The Hall–Kier alpha value is -2.17. The van der Waals surface area contributed by atoms with Gasteiger partial charge >= 0.3 is 0 Å². The average molecular weight is 483 g/mol. The highest BCUT2D eigenvalue weighted by atomic mass is 32.2. The lowest BCUT2D eigenvalue weighted by Crippen LogP contribution is -2.55. The van der Waals surface area contributed by atoms with Crippen molar-refractivity contribution in [1.29, 1.82) is 0 Å². The molecule has 0 radical (unpaired) electrons. The zero-order chi connectivity index (χ0) is 23.1. The van der Waals surface area contributed by atoms with E-state index >= 15 is 0 Å². The number of aryl methyl sites for hydroxylation is 1. The molecule has 174 valence electrons. The molecule has 2 aromatic carbocycles. The second-order valence-corrected chi connectivity index (χ2v) is 12.7. The van der Waals surface area contributed by atoms with Crippen molar-refractivity contribution < 1.29 is 26.0 Å². The molecular weight excluding hydrogens is 455 g/mol. The fourth-order valence-electron chi connectivity index (χ4n) is 4.64. The quantitative estimate of drug-likeness (QED) is 0.644. The van der Waals surface area contributed by atoms with Gasteiger partial charge in [-0.3, -0.25) is 4.90 Å². The van der Waals surface area contributed by atoms with E-state index in [1.54, 1.807) is 31.2 Å². The SMILES string of the molecule is COc1ccc(S(=O)(=O)[C@H]2CS(=O)(=O)C[C@@H]2N2CCN(c3ccccc3F)CC2)cc1C. The van der Waals surface area contributed by atoms with Crippen LogP contribution >= 0.6 is 0 Å². The van der Waals surface area contributed by atoms with Gasteiger partial charge in [0.25, 0.3) is 0 Å². The van der Waals surface area contributed by atoms with Crippen molar-refractivity contribution in [3.05, 3.63) is 53.8 Å². The highest BCUT2D eigenvalue weighted by Crippen LogP contribution is 2.32. The molecule has 0 unspecified atom stereocenters. The molecule has 0 saturated carbocycles. The van der Waals surface area contributed by atoms with E-state index in [4.69, 9.17) is 4.74 Å². The van der Waals surface area contributed by atoms with Crippen LogP contribution in [0.3, 0.4) is 0 Å². The van der Waals surface area contributed by atoms with Crippen LogP contribution in [0.5, 0.6) is 5.75 Å². The van der Waals surface area contributed by atoms with Gasteiger partial charge in [-0.2, -0.15) is 0 Å². The Bertz CT molecular complexity index is 1210. The van der Waals surface area contributed by atoms with Crippen LogP contribution in [0.15, 0.2) is 47.4 Å². The molecule has 2 saturated heterocycles. The van der Waals surface area contributed by atoms with Crippen molar-refractivity contribution in [1.82, 2.24) is 4.90 Å². The largest absolute Gasteiger partial charge is 0.496 e. The van der Waals surface area contributed by atoms with Crippen LogP contribution in [0.2, 0.25) is 0 Å². The fraction of sp³-hybridized carbons (Fsp3) is 0.455. The minimum Gasteiger partial charge on any atom is -0.496 e. The number of piperazine rings is 1. The van der Waals surface area contributed by atoms with Gasteiger partial charge in [-0.15, -0.1) is 0 Å². The maximum Gasteiger partial charge on any atom is 0.183 e. The van der Waals surface area contributed by atoms with Crippen molar-refractivity contribution in [3.63, 3.8) is 0 Å². The van der Waals surface area contributed by atoms with Gasteiger partial charge in [0, 0.05) is 32.2 Å². The molecule has 0 N–H and O–H groups in total. The summed E-state index contributed by atoms with van der Waals surface area (Å²) in [7, 11) is -5.87. The molecule has 0 aliphatic carbocycles. The number of hydrogen-bond acceptors (Lipinski definition) is 7. The van der Waals surface area contributed by atoms with Gasteiger partial charge in [0.1, 0.15) is 11.6 Å². The van der Waals surface area contributed by atoms with Gasteiger partial charge in [-0.05, 0) is 42.8 Å². The molecule has 2 heterocycles. The molecule has 0 amide bonds. The molecule has 32 heavy (non-hydrogen) atoms. The van der Waals surface area contributed by atoms with Gasteiger partial charge in [0.05, 0.1) is 34.4 Å². The zero-order valence-corrected chi connectivity index (χ0v) is 19.7. The lowest BCUT2D eigenvalue weighted by molar-refractivity contribution is 0.201. The third-order valence-electron chi connectivity index (χ3n) is 6.34. The maximum absolute atomic E-state index is 14.1. The number of ether oxygens (including phenoxy) is 1. The predicted octanol–water partition coefficient (Wildman–Crippen LogP) is 1.90. The van der Waals surface area contributed by atoms with Crippen molar-refractivity contribution >= 4 is 25.4 Å². The molecule has 0 aromatic heterocycles. The Labute approximate surface area is 188 Å². The number of benzene rings is 2. The standard InChI is InChI=1S/C22H27FN2O5S2/c1-16-13-17(7-8-21(16)30-2)32(28,29)22-15-31(26,27)14-20(22)25-11-9-24(10-12-25)19-6-4-3-5-18(19)23/h3-8,13,20,22H,9-12,14-15H2,1-2H3/t20-,22-/m0/s1. The van der Waals surface area contributed by atoms with Crippen LogP contribution in [-0.2, 0) is 19.7 Å². The number of hydrogen-bond donors (Lipinski definition) is 0. The Morgan fingerprint density at radius 3 is 2.34 bits per heavy atom. The van der Waals surface area contributed by atoms with Gasteiger partial charge in [0.2, 0.25) is 0 Å². The van der Waals surface area contributed by atoms with Gasteiger partial charge in [-0.1, -0.05) is 12.1 Å². The predicted molar refractivity (Wildman–Crippen MR) is 121 cm³/mol. The van der Waals surface area contributed by atoms with E-state index in [1.807, 2.05) is 9.80 Å². The average Bonchev–Trinajstić information content (AvgIpc) is 3.10. The summed E-state index contributed by atoms with van der Waals surface area (Å²) in [5, 5.41) is -1.04. The normalized spacial score (nSPS) is 23.9. The summed E-state index contributed by atoms with van der Waals surface area (Å²) in [6.07, 6.45) is 0. The lowest BCUT2D eigenvalue weighted by atomic mass is 10.1. The first-order valence-corrected chi connectivity index (χ1v) is 13.8. The summed E-state index contributed by atoms with van der Waals surface area (Å²) >= 11 is 0. The molecule has 2 aliphatic rings. The number of halogens is 1. The molecule has 2 aromatic rings. The van der Waals surface area contributed by atoms with E-state index < -0.39 is 36.7 Å². The van der Waals surface area contributed by atoms with E-state index in [0.717, 1.165) is 0 Å². The third-order valence-corrected chi connectivity index (χ3v) is 10.5. The highest BCUT2D eigenvalue weighted by molar-refractivity contribution is 7.96. The molecule has 10 heteroatoms. The van der Waals surface area contributed by atoms with E-state index in [9.17, 15) is 21.2 Å². The topological polar surface area (TPSA) is 84.0 Å². The Balaban J connectivity index is 1.57. The summed E-state index contributed by atoms with van der Waals surface area (Å²) < 4.78 is 71.3. The van der Waals surface area contributed by atoms with Crippen molar-refractivity contribution in [2.75, 3.05) is 49.7 Å². The van der Waals surface area contributed by atoms with Crippen LogP contribution < -0.4 is 9.64 Å². The molecule has 7 nitrogen and oxygen atoms in total. The van der Waals surface area contributed by atoms with E-state index in [0.29, 0.717) is 43.2 Å². The summed E-state index contributed by atoms with van der Waals surface area (Å²) in [5.74, 6) is -0.312. The van der Waals surface area contributed by atoms with Gasteiger partial charge in [0.15, 0.2) is 19.7 Å². The number of para-hydroxylation sites is 1. The molecule has 0 bridgehead atoms. The molecule has 0 spiro atoms. The highest BCUT2D eigenvalue weighted by Gasteiger charge is 2.48. The van der Waals surface area contributed by atoms with E-state index in [-0.39, 0.29) is 16.5 Å². The molecule has 4 rings (SSSR count). The number of anilines is 1. The first-order chi connectivity index (χ1) is 15.1. The third kappa shape index (κ3) is 4.35. The number of sulfone groups is 2. The minimum atomic E-state index is -3.88. The number of methoxy groups -OCH3 is 1. The van der Waals surface area contributed by atoms with Crippen molar-refractivity contribution in [3.8, 4) is 5.75 Å². The van der Waals surface area contributed by atoms with Crippen LogP contribution in [0, 0.1) is 12.7 Å². The first-order valence-electron chi connectivity index (χ1n) is 10.4. The Morgan fingerprint density at radius 1 is 1.03 bits per heavy atom. The lowest BCUT2D eigenvalue weighted by Gasteiger charge is -2.40. The van der Waals surface area contributed by atoms with Crippen LogP contribution in [0.4, 0.5) is 10.1 Å². The maximum atomic E-state index is 14.1. The molecule has 2 aliphatic heterocycles. The van der Waals surface area contributed by atoms with Crippen molar-refractivity contribution in [2.24, 2.45) is 0 Å². The van der Waals surface area contributed by atoms with Crippen LogP contribution in [0.25, 0.3) is 0 Å². The summed E-state index contributed by atoms with van der Waals surface area (Å²) in [6, 6.07) is 10.5. The Kier molecular flexibility index (Phi) is 6.21. The zero-order valence-electron chi connectivity index (χ0n) is 18.1. The summed E-state index contributed by atoms with van der Waals surface area (Å²) in [6.45, 7) is 3.66. The number of nitrogens with zero attached hydrogens (tertiary/aromatic N) is 2. The smallest absolute Gasteiger partial charge is 0.183 e.